The van der Waals surface area contributed by atoms with Crippen LogP contribution in [0.25, 0.3) is 0 Å². The molecule has 1 saturated carbocycles. The predicted molar refractivity (Wildman–Crippen MR) is 122 cm³/mol. The molecule has 0 aromatic heterocycles. The predicted octanol–water partition coefficient (Wildman–Crippen LogP) is 3.05. The number of hydrogen-bond acceptors (Lipinski definition) is 5. The third kappa shape index (κ3) is 2.53. The van der Waals surface area contributed by atoms with E-state index in [1.807, 2.05) is 9.91 Å². The Morgan fingerprint density at radius 1 is 0.970 bits per heavy atom. The van der Waals surface area contributed by atoms with Crippen LogP contribution in [0, 0.1) is 11.8 Å². The molecular weight excluding hydrogens is 414 g/mol. The Kier molecular flexibility index (Phi) is 3.94. The summed E-state index contributed by atoms with van der Waals surface area (Å²) in [6.07, 6.45) is 6.39. The Balaban J connectivity index is 1.46. The molecule has 5 aliphatic rings. The molecule has 0 spiro atoms. The van der Waals surface area contributed by atoms with Gasteiger partial charge in [-0.2, -0.15) is 5.01 Å². The van der Waals surface area contributed by atoms with Crippen molar-refractivity contribution in [1.82, 2.24) is 14.9 Å². The lowest BCUT2D eigenvalue weighted by Gasteiger charge is -2.54. The molecule has 1 amide bonds. The first-order valence-corrected chi connectivity index (χ1v) is 11.9. The van der Waals surface area contributed by atoms with Crippen molar-refractivity contribution < 1.29 is 15.0 Å². The molecular formula is C27H27N3O3. The fourth-order valence-corrected chi connectivity index (χ4v) is 6.59. The summed E-state index contributed by atoms with van der Waals surface area (Å²) in [6, 6.07) is 17.3. The number of aliphatic hydroxyl groups is 2. The van der Waals surface area contributed by atoms with Gasteiger partial charge < -0.3 is 15.1 Å². The van der Waals surface area contributed by atoms with Crippen LogP contribution in [0.4, 0.5) is 0 Å². The average Bonchev–Trinajstić information content (AvgIpc) is 3.50. The summed E-state index contributed by atoms with van der Waals surface area (Å²) in [5.74, 6) is 0.379. The Bertz CT molecular complexity index is 1180. The third-order valence-electron chi connectivity index (χ3n) is 8.18. The SMILES string of the molecule is O=C1C2=C(O)C(O)C=CN2N(C23c4ccccc4CC2Cc2ccccc23)CN1CC1CC1. The second kappa shape index (κ2) is 6.72. The molecule has 168 valence electrons. The van der Waals surface area contributed by atoms with Crippen molar-refractivity contribution in [3.8, 4) is 0 Å². The maximum atomic E-state index is 13.5. The highest BCUT2D eigenvalue weighted by atomic mass is 16.3. The van der Waals surface area contributed by atoms with Gasteiger partial charge in [-0.05, 0) is 65.8 Å². The minimum absolute atomic E-state index is 0.179. The van der Waals surface area contributed by atoms with Crippen molar-refractivity contribution >= 4 is 5.91 Å². The Hall–Kier alpha value is -3.09. The highest BCUT2D eigenvalue weighted by Gasteiger charge is 2.60. The summed E-state index contributed by atoms with van der Waals surface area (Å²) in [5.41, 5.74) is 4.99. The zero-order valence-corrected chi connectivity index (χ0v) is 18.4. The fourth-order valence-electron chi connectivity index (χ4n) is 6.59. The second-order valence-corrected chi connectivity index (χ2v) is 10.1. The van der Waals surface area contributed by atoms with Crippen LogP contribution >= 0.6 is 0 Å². The van der Waals surface area contributed by atoms with Crippen molar-refractivity contribution in [3.05, 3.63) is 94.5 Å². The largest absolute Gasteiger partial charge is 0.507 e. The zero-order chi connectivity index (χ0) is 22.3. The highest BCUT2D eigenvalue weighted by molar-refractivity contribution is 5.94. The molecule has 2 aromatic rings. The van der Waals surface area contributed by atoms with Gasteiger partial charge in [0.2, 0.25) is 0 Å². The molecule has 2 N–H and O–H groups in total. The number of fused-ring (bicyclic) bond motifs is 6. The molecule has 1 unspecified atom stereocenters. The molecule has 1 atom stereocenters. The minimum Gasteiger partial charge on any atom is -0.507 e. The number of rotatable bonds is 3. The Morgan fingerprint density at radius 3 is 2.24 bits per heavy atom. The topological polar surface area (TPSA) is 67.2 Å². The van der Waals surface area contributed by atoms with Crippen LogP contribution in [-0.4, -0.2) is 50.4 Å². The summed E-state index contributed by atoms with van der Waals surface area (Å²) >= 11 is 0. The van der Waals surface area contributed by atoms with E-state index in [2.05, 4.69) is 53.5 Å². The normalized spacial score (nSPS) is 30.4. The van der Waals surface area contributed by atoms with Crippen LogP contribution in [0.3, 0.4) is 0 Å². The maximum Gasteiger partial charge on any atom is 0.276 e. The number of hydrazine groups is 1. The van der Waals surface area contributed by atoms with Crippen LogP contribution in [0.2, 0.25) is 0 Å². The standard InChI is InChI=1S/C27H27N3O3/c31-23-11-12-29-24(25(23)32)26(33)28(15-17-9-10-17)16-30(29)27-20(13-18-5-1-3-7-21(18)27)14-19-6-2-4-8-22(19)27/h1-8,11-12,17,20,23,31-32H,9-10,13-16H2. The molecule has 1 saturated heterocycles. The molecule has 6 nitrogen and oxygen atoms in total. The van der Waals surface area contributed by atoms with Gasteiger partial charge in [-0.25, -0.2) is 0 Å². The average molecular weight is 442 g/mol. The van der Waals surface area contributed by atoms with E-state index < -0.39 is 11.6 Å². The summed E-state index contributed by atoms with van der Waals surface area (Å²) in [7, 11) is 0. The number of benzene rings is 2. The van der Waals surface area contributed by atoms with E-state index >= 15 is 0 Å². The first-order chi connectivity index (χ1) is 16.1. The lowest BCUT2D eigenvalue weighted by molar-refractivity contribution is -0.163. The fraction of sp³-hybridized carbons (Fsp3) is 0.370. The number of nitrogens with zero attached hydrogens (tertiary/aromatic N) is 3. The number of carbonyl (C=O) groups excluding carboxylic acids is 1. The van der Waals surface area contributed by atoms with E-state index in [1.165, 1.54) is 22.3 Å². The van der Waals surface area contributed by atoms with Gasteiger partial charge in [0.15, 0.2) is 11.5 Å². The molecule has 6 heteroatoms. The lowest BCUT2D eigenvalue weighted by Crippen LogP contribution is -2.65. The minimum atomic E-state index is -1.16. The van der Waals surface area contributed by atoms with Crippen molar-refractivity contribution in [3.63, 3.8) is 0 Å². The molecule has 7 rings (SSSR count). The van der Waals surface area contributed by atoms with Crippen LogP contribution < -0.4 is 0 Å². The smallest absolute Gasteiger partial charge is 0.276 e. The summed E-state index contributed by atoms with van der Waals surface area (Å²) in [4.78, 5) is 15.4. The first kappa shape index (κ1) is 19.4. The van der Waals surface area contributed by atoms with Crippen LogP contribution in [-0.2, 0) is 23.2 Å². The van der Waals surface area contributed by atoms with Gasteiger partial charge in [0, 0.05) is 12.7 Å². The van der Waals surface area contributed by atoms with Crippen molar-refractivity contribution in [1.29, 1.82) is 0 Å². The van der Waals surface area contributed by atoms with Gasteiger partial charge in [0.1, 0.15) is 6.10 Å². The first-order valence-electron chi connectivity index (χ1n) is 11.9. The highest BCUT2D eigenvalue weighted by Crippen LogP contribution is 2.58. The third-order valence-corrected chi connectivity index (χ3v) is 8.18. The van der Waals surface area contributed by atoms with Gasteiger partial charge in [-0.1, -0.05) is 48.5 Å². The number of carbonyl (C=O) groups is 1. The van der Waals surface area contributed by atoms with Crippen molar-refractivity contribution in [2.75, 3.05) is 13.2 Å². The number of aliphatic hydroxyl groups excluding tert-OH is 2. The summed E-state index contributed by atoms with van der Waals surface area (Å²) < 4.78 is 0. The van der Waals surface area contributed by atoms with Crippen LogP contribution in [0.1, 0.15) is 35.1 Å². The monoisotopic (exact) mass is 441 g/mol. The number of hydrogen-bond donors (Lipinski definition) is 2. The van der Waals surface area contributed by atoms with E-state index in [-0.39, 0.29) is 17.4 Å². The van der Waals surface area contributed by atoms with Gasteiger partial charge >= 0.3 is 0 Å². The Labute approximate surface area is 193 Å². The molecule has 33 heavy (non-hydrogen) atoms. The molecule has 0 bridgehead atoms. The lowest BCUT2D eigenvalue weighted by atomic mass is 9.81. The zero-order valence-electron chi connectivity index (χ0n) is 18.4. The quantitative estimate of drug-likeness (QED) is 0.767. The van der Waals surface area contributed by atoms with Crippen LogP contribution in [0.5, 0.6) is 0 Å². The van der Waals surface area contributed by atoms with Crippen molar-refractivity contribution in [2.45, 2.75) is 37.3 Å². The van der Waals surface area contributed by atoms with Crippen LogP contribution in [0.15, 0.2) is 72.3 Å². The van der Waals surface area contributed by atoms with E-state index in [9.17, 15) is 15.0 Å². The molecule has 2 aromatic carbocycles. The molecule has 0 radical (unpaired) electrons. The second-order valence-electron chi connectivity index (χ2n) is 10.1. The molecule has 2 heterocycles. The van der Waals surface area contributed by atoms with E-state index in [0.29, 0.717) is 25.0 Å². The Morgan fingerprint density at radius 2 is 1.61 bits per heavy atom. The van der Waals surface area contributed by atoms with E-state index in [4.69, 9.17) is 0 Å². The van der Waals surface area contributed by atoms with Gasteiger partial charge in [-0.15, -0.1) is 0 Å². The van der Waals surface area contributed by atoms with E-state index in [1.54, 1.807) is 12.3 Å². The number of amides is 1. The van der Waals surface area contributed by atoms with Gasteiger partial charge in [0.05, 0.1) is 12.2 Å². The summed E-state index contributed by atoms with van der Waals surface area (Å²) in [6.45, 7) is 1.13. The molecule has 2 aliphatic heterocycles. The maximum absolute atomic E-state index is 13.5. The van der Waals surface area contributed by atoms with Gasteiger partial charge in [-0.3, -0.25) is 9.80 Å². The summed E-state index contributed by atoms with van der Waals surface area (Å²) in [5, 5.41) is 25.3. The van der Waals surface area contributed by atoms with Crippen molar-refractivity contribution in [2.24, 2.45) is 11.8 Å². The van der Waals surface area contributed by atoms with E-state index in [0.717, 1.165) is 25.7 Å². The molecule has 3 aliphatic carbocycles. The van der Waals surface area contributed by atoms with Gasteiger partial charge in [0.25, 0.3) is 5.91 Å². The molecule has 2 fully saturated rings.